The Hall–Kier alpha value is -3.85. The molecule has 38 heavy (non-hydrogen) atoms. The SMILES string of the molecule is CC(C)(C)c1cc([C@H]2c3ccccc3O[C@@H]2C(=O)c2ccc(-c3ccccc3)cc2)cc(C(C)(C)C)c1O. The number of hydrogen-bond acceptors (Lipinski definition) is 3. The molecule has 3 nitrogen and oxygen atoms in total. The molecule has 1 N–H and O–H groups in total. The molecule has 0 fully saturated rings. The number of fused-ring (bicyclic) bond motifs is 1. The summed E-state index contributed by atoms with van der Waals surface area (Å²) in [5.74, 6) is 0.739. The highest BCUT2D eigenvalue weighted by Gasteiger charge is 2.42. The number of ketones is 1. The molecule has 4 aromatic carbocycles. The van der Waals surface area contributed by atoms with E-state index < -0.39 is 6.10 Å². The van der Waals surface area contributed by atoms with Gasteiger partial charge in [-0.15, -0.1) is 0 Å². The Balaban J connectivity index is 1.60. The summed E-state index contributed by atoms with van der Waals surface area (Å²) in [4.78, 5) is 14.0. The number of aromatic hydroxyl groups is 1. The molecule has 1 heterocycles. The number of hydrogen-bond donors (Lipinski definition) is 1. The van der Waals surface area contributed by atoms with E-state index in [1.807, 2.05) is 66.7 Å². The van der Waals surface area contributed by atoms with E-state index in [0.717, 1.165) is 39.1 Å². The molecule has 1 aliphatic rings. The standard InChI is InChI=1S/C35H36O3/c1-34(2,3)27-20-25(21-28(32(27)37)35(4,5)6)30-26-14-10-11-15-29(26)38-33(30)31(36)24-18-16-23(17-19-24)22-12-8-7-9-13-22/h7-21,30,33,37H,1-6H3/t30-,33-/m0/s1. The van der Waals surface area contributed by atoms with Gasteiger partial charge in [-0.25, -0.2) is 0 Å². The van der Waals surface area contributed by atoms with E-state index in [4.69, 9.17) is 4.74 Å². The highest BCUT2D eigenvalue weighted by atomic mass is 16.5. The lowest BCUT2D eigenvalue weighted by Crippen LogP contribution is -2.30. The highest BCUT2D eigenvalue weighted by Crippen LogP contribution is 2.47. The second kappa shape index (κ2) is 9.47. The van der Waals surface area contributed by atoms with E-state index in [1.165, 1.54) is 0 Å². The normalized spacial score (nSPS) is 17.1. The van der Waals surface area contributed by atoms with Gasteiger partial charge in [0.25, 0.3) is 0 Å². The fraction of sp³-hybridized carbons (Fsp3) is 0.286. The number of Topliss-reactive ketones (excluding diaryl/α,β-unsaturated/α-hetero) is 1. The van der Waals surface area contributed by atoms with Crippen molar-refractivity contribution >= 4 is 5.78 Å². The predicted molar refractivity (Wildman–Crippen MR) is 154 cm³/mol. The monoisotopic (exact) mass is 504 g/mol. The molecule has 0 spiro atoms. The summed E-state index contributed by atoms with van der Waals surface area (Å²) in [5, 5.41) is 11.3. The van der Waals surface area contributed by atoms with E-state index in [-0.39, 0.29) is 22.5 Å². The quantitative estimate of drug-likeness (QED) is 0.284. The summed E-state index contributed by atoms with van der Waals surface area (Å²) in [6.45, 7) is 12.6. The number of carbonyl (C=O) groups excluding carboxylic acids is 1. The van der Waals surface area contributed by atoms with Crippen LogP contribution >= 0.6 is 0 Å². The zero-order valence-electron chi connectivity index (χ0n) is 23.1. The number of phenolic OH excluding ortho intramolecular Hbond substituents is 1. The van der Waals surface area contributed by atoms with Gasteiger partial charge >= 0.3 is 0 Å². The van der Waals surface area contributed by atoms with Crippen molar-refractivity contribution in [1.29, 1.82) is 0 Å². The first-order valence-electron chi connectivity index (χ1n) is 13.3. The number of para-hydroxylation sites is 1. The van der Waals surface area contributed by atoms with Gasteiger partial charge in [0, 0.05) is 11.1 Å². The summed E-state index contributed by atoms with van der Waals surface area (Å²) < 4.78 is 6.37. The average molecular weight is 505 g/mol. The highest BCUT2D eigenvalue weighted by molar-refractivity contribution is 6.01. The number of phenols is 1. The van der Waals surface area contributed by atoms with Crippen molar-refractivity contribution in [2.45, 2.75) is 64.4 Å². The Labute approximate surface area is 226 Å². The zero-order valence-corrected chi connectivity index (χ0v) is 23.1. The lowest BCUT2D eigenvalue weighted by Gasteiger charge is -2.30. The Kier molecular flexibility index (Phi) is 6.43. The van der Waals surface area contributed by atoms with Gasteiger partial charge in [0.1, 0.15) is 11.5 Å². The summed E-state index contributed by atoms with van der Waals surface area (Å²) in [6.07, 6.45) is -0.694. The molecule has 5 rings (SSSR count). The van der Waals surface area contributed by atoms with E-state index in [1.54, 1.807) is 0 Å². The molecule has 0 amide bonds. The van der Waals surface area contributed by atoms with Gasteiger partial charge in [-0.1, -0.05) is 126 Å². The minimum Gasteiger partial charge on any atom is -0.507 e. The van der Waals surface area contributed by atoms with Gasteiger partial charge in [0.2, 0.25) is 5.78 Å². The molecule has 0 saturated heterocycles. The van der Waals surface area contributed by atoms with Crippen LogP contribution in [0.5, 0.6) is 11.5 Å². The lowest BCUT2D eigenvalue weighted by atomic mass is 9.75. The first-order valence-corrected chi connectivity index (χ1v) is 13.3. The van der Waals surface area contributed by atoms with Crippen LogP contribution in [0.1, 0.15) is 80.1 Å². The molecule has 4 aromatic rings. The van der Waals surface area contributed by atoms with E-state index in [0.29, 0.717) is 11.3 Å². The van der Waals surface area contributed by atoms with Crippen LogP contribution in [-0.4, -0.2) is 17.0 Å². The summed E-state index contributed by atoms with van der Waals surface area (Å²) in [5.41, 5.74) is 6.00. The molecule has 0 aromatic heterocycles. The number of rotatable bonds is 4. The maximum absolute atomic E-state index is 14.0. The maximum Gasteiger partial charge on any atom is 0.204 e. The Bertz CT molecular complexity index is 1430. The Morgan fingerprint density at radius 1 is 0.711 bits per heavy atom. The van der Waals surface area contributed by atoms with Crippen molar-refractivity contribution in [3.63, 3.8) is 0 Å². The van der Waals surface area contributed by atoms with Crippen LogP contribution in [-0.2, 0) is 10.8 Å². The molecule has 194 valence electrons. The van der Waals surface area contributed by atoms with Gasteiger partial charge in [-0.2, -0.15) is 0 Å². The zero-order chi connectivity index (χ0) is 27.2. The third kappa shape index (κ3) is 4.74. The minimum atomic E-state index is -0.694. The van der Waals surface area contributed by atoms with Crippen molar-refractivity contribution < 1.29 is 14.6 Å². The number of ether oxygens (including phenoxy) is 1. The second-order valence-electron chi connectivity index (χ2n) is 12.3. The van der Waals surface area contributed by atoms with Crippen LogP contribution in [0, 0.1) is 0 Å². The van der Waals surface area contributed by atoms with Crippen molar-refractivity contribution in [3.05, 3.63) is 119 Å². The molecule has 3 heteroatoms. The molecule has 2 atom stereocenters. The minimum absolute atomic E-state index is 0.0477. The fourth-order valence-electron chi connectivity index (χ4n) is 5.37. The van der Waals surface area contributed by atoms with Crippen molar-refractivity contribution in [2.24, 2.45) is 0 Å². The molecule has 1 aliphatic heterocycles. The molecule has 0 aliphatic carbocycles. The third-order valence-corrected chi connectivity index (χ3v) is 7.45. The van der Waals surface area contributed by atoms with Crippen molar-refractivity contribution in [3.8, 4) is 22.6 Å². The molecule has 0 unspecified atom stereocenters. The van der Waals surface area contributed by atoms with Gasteiger partial charge < -0.3 is 9.84 Å². The fourth-order valence-corrected chi connectivity index (χ4v) is 5.37. The topological polar surface area (TPSA) is 46.5 Å². The van der Waals surface area contributed by atoms with Crippen LogP contribution in [0.25, 0.3) is 11.1 Å². The number of benzene rings is 4. The van der Waals surface area contributed by atoms with E-state index in [9.17, 15) is 9.90 Å². The lowest BCUT2D eigenvalue weighted by molar-refractivity contribution is 0.0806. The molecular formula is C35H36O3. The van der Waals surface area contributed by atoms with Gasteiger partial charge in [0.05, 0.1) is 5.92 Å². The van der Waals surface area contributed by atoms with Gasteiger partial charge in [-0.3, -0.25) is 4.79 Å². The molecule has 0 saturated carbocycles. The third-order valence-electron chi connectivity index (χ3n) is 7.45. The molecular weight excluding hydrogens is 468 g/mol. The maximum atomic E-state index is 14.0. The number of carbonyl (C=O) groups is 1. The Morgan fingerprint density at radius 2 is 1.24 bits per heavy atom. The van der Waals surface area contributed by atoms with E-state index >= 15 is 0 Å². The van der Waals surface area contributed by atoms with Crippen molar-refractivity contribution in [1.82, 2.24) is 0 Å². The van der Waals surface area contributed by atoms with Crippen LogP contribution in [0.4, 0.5) is 0 Å². The molecule has 0 radical (unpaired) electrons. The Morgan fingerprint density at radius 3 is 1.82 bits per heavy atom. The first-order chi connectivity index (χ1) is 17.9. The van der Waals surface area contributed by atoms with E-state index in [2.05, 4.69) is 65.8 Å². The smallest absolute Gasteiger partial charge is 0.204 e. The molecule has 0 bridgehead atoms. The summed E-state index contributed by atoms with van der Waals surface area (Å²) >= 11 is 0. The predicted octanol–water partition coefficient (Wildman–Crippen LogP) is 8.43. The van der Waals surface area contributed by atoms with Crippen LogP contribution in [0.15, 0.2) is 91.0 Å². The largest absolute Gasteiger partial charge is 0.507 e. The van der Waals surface area contributed by atoms with Gasteiger partial charge in [0.15, 0.2) is 6.10 Å². The summed E-state index contributed by atoms with van der Waals surface area (Å²) in [7, 11) is 0. The van der Waals surface area contributed by atoms with Crippen molar-refractivity contribution in [2.75, 3.05) is 0 Å². The first kappa shape index (κ1) is 25.8. The van der Waals surface area contributed by atoms with Crippen LogP contribution in [0.2, 0.25) is 0 Å². The summed E-state index contributed by atoms with van der Waals surface area (Å²) in [6, 6.07) is 30.0. The average Bonchev–Trinajstić information content (AvgIpc) is 3.27. The van der Waals surface area contributed by atoms with Gasteiger partial charge in [-0.05, 0) is 44.7 Å². The van der Waals surface area contributed by atoms with Crippen LogP contribution < -0.4 is 4.74 Å². The second-order valence-corrected chi connectivity index (χ2v) is 12.3. The van der Waals surface area contributed by atoms with Crippen LogP contribution in [0.3, 0.4) is 0 Å².